The first-order valence-corrected chi connectivity index (χ1v) is 13.2. The van der Waals surface area contributed by atoms with E-state index in [1.165, 1.54) is 17.5 Å². The zero-order valence-electron chi connectivity index (χ0n) is 22.3. The van der Waals surface area contributed by atoms with Crippen molar-refractivity contribution in [2.45, 2.75) is 72.1 Å². The number of likely N-dealkylation sites (tertiary alicyclic amines) is 1. The second-order valence-electron chi connectivity index (χ2n) is 10.8. The highest BCUT2D eigenvalue weighted by Crippen LogP contribution is 2.48. The first kappa shape index (κ1) is 26.7. The number of hydrogen-bond acceptors (Lipinski definition) is 6. The van der Waals surface area contributed by atoms with Gasteiger partial charge in [-0.1, -0.05) is 36.8 Å². The van der Waals surface area contributed by atoms with Gasteiger partial charge in [-0.05, 0) is 81.8 Å². The standard InChI is InChI=1S/C28H38N6O3/c1-18(13-20(3)23-5-6-25(30-15-23)31-17-32-33-29)19(2)14-22-7-9-28(10-8-22)11-12-34(27(28)36)24-16-37-26(35)21(24)4/h5-6,14-15,17-18,20,22H,7-13,16H2,1-4H3,(H2,29,30,31,32). The van der Waals surface area contributed by atoms with Crippen LogP contribution in [0.3, 0.4) is 0 Å². The van der Waals surface area contributed by atoms with Crippen LogP contribution in [0.2, 0.25) is 0 Å². The van der Waals surface area contributed by atoms with E-state index in [9.17, 15) is 9.59 Å². The van der Waals surface area contributed by atoms with Gasteiger partial charge in [-0.15, -0.1) is 5.11 Å². The van der Waals surface area contributed by atoms with E-state index in [-0.39, 0.29) is 23.9 Å². The van der Waals surface area contributed by atoms with Crippen LogP contribution in [-0.2, 0) is 14.3 Å². The summed E-state index contributed by atoms with van der Waals surface area (Å²) >= 11 is 0. The van der Waals surface area contributed by atoms with Gasteiger partial charge in [0.2, 0.25) is 5.91 Å². The Bertz CT molecular complexity index is 1130. The predicted molar refractivity (Wildman–Crippen MR) is 142 cm³/mol. The van der Waals surface area contributed by atoms with Gasteiger partial charge in [0, 0.05) is 12.7 Å². The number of aromatic nitrogens is 1. The van der Waals surface area contributed by atoms with Crippen molar-refractivity contribution in [2.24, 2.45) is 38.4 Å². The molecule has 1 aliphatic carbocycles. The topological polar surface area (TPSA) is 123 Å². The fourth-order valence-corrected chi connectivity index (χ4v) is 5.92. The fraction of sp³-hybridized carbons (Fsp3) is 0.571. The van der Waals surface area contributed by atoms with E-state index in [1.807, 2.05) is 17.2 Å². The summed E-state index contributed by atoms with van der Waals surface area (Å²) in [5.74, 6) is 6.75. The summed E-state index contributed by atoms with van der Waals surface area (Å²) in [5, 5.41) is 6.65. The summed E-state index contributed by atoms with van der Waals surface area (Å²) in [4.78, 5) is 35.5. The summed E-state index contributed by atoms with van der Waals surface area (Å²) in [7, 11) is 0. The molecule has 2 fully saturated rings. The molecule has 1 aromatic rings. The van der Waals surface area contributed by atoms with Crippen molar-refractivity contribution in [3.8, 4) is 0 Å². The third-order valence-electron chi connectivity index (χ3n) is 8.54. The summed E-state index contributed by atoms with van der Waals surface area (Å²) in [5.41, 5.74) is 3.67. The molecule has 0 radical (unpaired) electrons. The van der Waals surface area contributed by atoms with Crippen LogP contribution in [0.15, 0.2) is 56.6 Å². The Morgan fingerprint density at radius 2 is 2.03 bits per heavy atom. The first-order valence-electron chi connectivity index (χ1n) is 13.2. The molecule has 0 aromatic carbocycles. The Hall–Kier alpha value is -3.36. The minimum atomic E-state index is -0.301. The van der Waals surface area contributed by atoms with Crippen LogP contribution in [0.1, 0.15) is 77.7 Å². The van der Waals surface area contributed by atoms with Gasteiger partial charge >= 0.3 is 5.97 Å². The highest BCUT2D eigenvalue weighted by Gasteiger charge is 2.50. The van der Waals surface area contributed by atoms with Crippen molar-refractivity contribution in [3.63, 3.8) is 0 Å². The van der Waals surface area contributed by atoms with E-state index in [2.05, 4.69) is 53.2 Å². The third-order valence-corrected chi connectivity index (χ3v) is 8.54. The lowest BCUT2D eigenvalue weighted by Crippen LogP contribution is -2.37. The van der Waals surface area contributed by atoms with Crippen molar-refractivity contribution in [3.05, 3.63) is 46.8 Å². The Kier molecular flexibility index (Phi) is 8.19. The number of nitrogens with two attached hydrogens (primary N) is 1. The third kappa shape index (κ3) is 5.81. The lowest BCUT2D eigenvalue weighted by Gasteiger charge is -2.35. The van der Waals surface area contributed by atoms with Crippen molar-refractivity contribution in [1.82, 2.24) is 9.88 Å². The van der Waals surface area contributed by atoms with Gasteiger partial charge in [0.1, 0.15) is 12.9 Å². The molecule has 9 nitrogen and oxygen atoms in total. The van der Waals surface area contributed by atoms with Gasteiger partial charge < -0.3 is 15.5 Å². The monoisotopic (exact) mass is 506 g/mol. The largest absolute Gasteiger partial charge is 0.456 e. The van der Waals surface area contributed by atoms with E-state index in [4.69, 9.17) is 10.6 Å². The average Bonchev–Trinajstić information content (AvgIpc) is 3.39. The fourth-order valence-electron chi connectivity index (χ4n) is 5.92. The summed E-state index contributed by atoms with van der Waals surface area (Å²) in [6, 6.07) is 3.93. The van der Waals surface area contributed by atoms with Crippen LogP contribution >= 0.6 is 0 Å². The van der Waals surface area contributed by atoms with E-state index in [0.29, 0.717) is 35.7 Å². The predicted octanol–water partition coefficient (Wildman–Crippen LogP) is 5.38. The minimum absolute atomic E-state index is 0.190. The highest BCUT2D eigenvalue weighted by atomic mass is 16.5. The number of carbonyl (C=O) groups is 2. The van der Waals surface area contributed by atoms with Crippen LogP contribution in [0.4, 0.5) is 5.82 Å². The van der Waals surface area contributed by atoms with Crippen LogP contribution in [0.25, 0.3) is 0 Å². The zero-order chi connectivity index (χ0) is 26.6. The Morgan fingerprint density at radius 3 is 2.65 bits per heavy atom. The summed E-state index contributed by atoms with van der Waals surface area (Å²) in [6.45, 7) is 9.43. The van der Waals surface area contributed by atoms with Crippen LogP contribution in [0, 0.1) is 17.3 Å². The molecule has 1 spiro atoms. The Balaban J connectivity index is 1.30. The normalized spacial score (nSPS) is 26.6. The smallest absolute Gasteiger partial charge is 0.336 e. The van der Waals surface area contributed by atoms with Crippen LogP contribution < -0.4 is 5.84 Å². The van der Waals surface area contributed by atoms with Gasteiger partial charge in [-0.3, -0.25) is 4.79 Å². The molecule has 2 N–H and O–H groups in total. The number of nitrogens with zero attached hydrogens (tertiary/aromatic N) is 5. The number of rotatable bonds is 8. The van der Waals surface area contributed by atoms with E-state index >= 15 is 0 Å². The summed E-state index contributed by atoms with van der Waals surface area (Å²) in [6.07, 6.45) is 11.4. The lowest BCUT2D eigenvalue weighted by molar-refractivity contribution is -0.138. The van der Waals surface area contributed by atoms with Crippen molar-refractivity contribution in [2.75, 3.05) is 13.2 Å². The molecule has 1 saturated carbocycles. The van der Waals surface area contributed by atoms with Gasteiger partial charge in [0.15, 0.2) is 5.82 Å². The first-order chi connectivity index (χ1) is 17.7. The maximum Gasteiger partial charge on any atom is 0.336 e. The number of ether oxygens (including phenoxy) is 1. The molecule has 0 bridgehead atoms. The minimum Gasteiger partial charge on any atom is -0.456 e. The Morgan fingerprint density at radius 1 is 1.27 bits per heavy atom. The van der Waals surface area contributed by atoms with E-state index in [1.54, 1.807) is 6.92 Å². The maximum absolute atomic E-state index is 13.4. The number of esters is 1. The Labute approximate surface area is 218 Å². The maximum atomic E-state index is 13.4. The van der Waals surface area contributed by atoms with Crippen LogP contribution in [-0.4, -0.2) is 41.3 Å². The van der Waals surface area contributed by atoms with Gasteiger partial charge in [-0.2, -0.15) is 0 Å². The SMILES string of the molecule is CC(=CC1CCC2(CC1)CCN(C1=C(C)C(=O)OC1)C2=O)C(C)CC(C)c1ccc(N=CN=NN)nc1. The van der Waals surface area contributed by atoms with Gasteiger partial charge in [0.25, 0.3) is 0 Å². The molecule has 9 heteroatoms. The van der Waals surface area contributed by atoms with E-state index in [0.717, 1.165) is 44.2 Å². The molecule has 2 aliphatic heterocycles. The zero-order valence-corrected chi connectivity index (χ0v) is 22.3. The number of aliphatic imine (C=N–C) groups is 1. The lowest BCUT2D eigenvalue weighted by atomic mass is 9.69. The number of pyridine rings is 1. The van der Waals surface area contributed by atoms with Gasteiger partial charge in [-0.25, -0.2) is 14.8 Å². The second kappa shape index (κ2) is 11.4. The number of cyclic esters (lactones) is 1. The molecule has 37 heavy (non-hydrogen) atoms. The molecule has 1 aromatic heterocycles. The molecule has 1 saturated heterocycles. The van der Waals surface area contributed by atoms with Crippen LogP contribution in [0.5, 0.6) is 0 Å². The molecule has 2 atom stereocenters. The van der Waals surface area contributed by atoms with Crippen molar-refractivity contribution in [1.29, 1.82) is 0 Å². The average molecular weight is 507 g/mol. The quantitative estimate of drug-likeness (QED) is 0.0964. The number of carbonyl (C=O) groups excluding carboxylic acids is 2. The number of amides is 1. The van der Waals surface area contributed by atoms with E-state index < -0.39 is 0 Å². The second-order valence-corrected chi connectivity index (χ2v) is 10.8. The van der Waals surface area contributed by atoms with Gasteiger partial charge in [0.05, 0.1) is 16.7 Å². The molecule has 198 valence electrons. The highest BCUT2D eigenvalue weighted by molar-refractivity contribution is 5.94. The molecule has 3 aliphatic rings. The van der Waals surface area contributed by atoms with Crippen molar-refractivity contribution >= 4 is 24.0 Å². The number of allylic oxidation sites excluding steroid dienone is 2. The molecule has 1 amide bonds. The molecular formula is C28H38N6O3. The molecule has 4 rings (SSSR count). The molecular weight excluding hydrogens is 468 g/mol. The summed E-state index contributed by atoms with van der Waals surface area (Å²) < 4.78 is 5.14. The number of hydrogen-bond donors (Lipinski definition) is 1. The molecule has 3 heterocycles. The van der Waals surface area contributed by atoms with Crippen molar-refractivity contribution < 1.29 is 14.3 Å². The molecule has 2 unspecified atom stereocenters.